The van der Waals surface area contributed by atoms with E-state index in [9.17, 15) is 4.79 Å². The number of ether oxygens (including phenoxy) is 1. The summed E-state index contributed by atoms with van der Waals surface area (Å²) in [7, 11) is 0. The number of carbonyl (C=O) groups is 1. The number of likely N-dealkylation sites (tertiary alicyclic amines) is 1. The van der Waals surface area contributed by atoms with Gasteiger partial charge in [0.2, 0.25) is 0 Å². The second-order valence-corrected chi connectivity index (χ2v) is 5.39. The van der Waals surface area contributed by atoms with Gasteiger partial charge in [0, 0.05) is 24.0 Å². The van der Waals surface area contributed by atoms with Crippen molar-refractivity contribution in [1.29, 1.82) is 0 Å². The summed E-state index contributed by atoms with van der Waals surface area (Å²) in [5.41, 5.74) is 5.61. The molecule has 7 heteroatoms. The number of nitrogens with two attached hydrogens (primary N) is 1. The van der Waals surface area contributed by atoms with Gasteiger partial charge in [-0.25, -0.2) is 0 Å². The molecule has 1 fully saturated rings. The van der Waals surface area contributed by atoms with Gasteiger partial charge in [-0.05, 0) is 31.0 Å². The second-order valence-electron chi connectivity index (χ2n) is 4.95. The van der Waals surface area contributed by atoms with Crippen molar-refractivity contribution in [2.45, 2.75) is 12.8 Å². The highest BCUT2D eigenvalue weighted by atomic mass is 35.5. The third-order valence-electron chi connectivity index (χ3n) is 3.47. The maximum Gasteiger partial charge on any atom is 0.260 e. The molecule has 1 aliphatic heterocycles. The molecule has 21 heavy (non-hydrogen) atoms. The average molecular weight is 312 g/mol. The van der Waals surface area contributed by atoms with E-state index in [1.54, 1.807) is 29.2 Å². The van der Waals surface area contributed by atoms with E-state index in [0.29, 0.717) is 23.9 Å². The number of piperidine rings is 1. The molecule has 0 saturated carbocycles. The molecule has 0 aliphatic carbocycles. The molecule has 1 atom stereocenters. The van der Waals surface area contributed by atoms with Crippen molar-refractivity contribution in [3.63, 3.8) is 0 Å². The molecule has 2 rings (SSSR count). The molecule has 1 unspecified atom stereocenters. The van der Waals surface area contributed by atoms with E-state index < -0.39 is 0 Å². The van der Waals surface area contributed by atoms with Gasteiger partial charge in [0.25, 0.3) is 5.91 Å². The van der Waals surface area contributed by atoms with Crippen LogP contribution in [0.1, 0.15) is 12.8 Å². The molecule has 1 aromatic carbocycles. The number of oxime groups is 1. The summed E-state index contributed by atoms with van der Waals surface area (Å²) in [6, 6.07) is 6.90. The summed E-state index contributed by atoms with van der Waals surface area (Å²) in [6.45, 7) is 1.06. The predicted octanol–water partition coefficient (Wildman–Crippen LogP) is 1.70. The van der Waals surface area contributed by atoms with Gasteiger partial charge in [-0.15, -0.1) is 0 Å². The Labute approximate surface area is 128 Å². The van der Waals surface area contributed by atoms with Crippen LogP contribution < -0.4 is 10.5 Å². The smallest absolute Gasteiger partial charge is 0.260 e. The zero-order valence-electron chi connectivity index (χ0n) is 11.5. The Morgan fingerprint density at radius 1 is 1.57 bits per heavy atom. The maximum atomic E-state index is 12.1. The summed E-state index contributed by atoms with van der Waals surface area (Å²) in [5, 5.41) is 12.3. The summed E-state index contributed by atoms with van der Waals surface area (Å²) in [5.74, 6) is 0.508. The Bertz CT molecular complexity index is 536. The lowest BCUT2D eigenvalue weighted by Crippen LogP contribution is -2.45. The van der Waals surface area contributed by atoms with Gasteiger partial charge < -0.3 is 20.6 Å². The van der Waals surface area contributed by atoms with Crippen LogP contribution in [0.2, 0.25) is 5.02 Å². The Balaban J connectivity index is 1.88. The molecule has 1 aliphatic rings. The Hall–Kier alpha value is -1.95. The first kappa shape index (κ1) is 15.4. The Kier molecular flexibility index (Phi) is 5.27. The highest BCUT2D eigenvalue weighted by molar-refractivity contribution is 6.30. The molecular weight excluding hydrogens is 294 g/mol. The average Bonchev–Trinajstić information content (AvgIpc) is 2.52. The summed E-state index contributed by atoms with van der Waals surface area (Å²) < 4.78 is 5.44. The molecular formula is C14H18ClN3O3. The van der Waals surface area contributed by atoms with Crippen molar-refractivity contribution in [2.75, 3.05) is 19.7 Å². The van der Waals surface area contributed by atoms with Gasteiger partial charge in [-0.2, -0.15) is 0 Å². The van der Waals surface area contributed by atoms with Crippen molar-refractivity contribution in [1.82, 2.24) is 4.90 Å². The lowest BCUT2D eigenvalue weighted by molar-refractivity contribution is -0.134. The highest BCUT2D eigenvalue weighted by Crippen LogP contribution is 2.19. The molecule has 0 radical (unpaired) electrons. The van der Waals surface area contributed by atoms with Gasteiger partial charge in [0.05, 0.1) is 0 Å². The first-order valence-corrected chi connectivity index (χ1v) is 7.11. The molecule has 1 amide bonds. The minimum atomic E-state index is -0.120. The number of amides is 1. The second kappa shape index (κ2) is 7.17. The standard InChI is InChI=1S/C14H18ClN3O3/c15-11-4-1-5-12(7-11)21-9-13(19)18-6-2-3-10(8-18)14(16)17-20/h1,4-5,7,10,20H,2-3,6,8-9H2,(H2,16,17). The van der Waals surface area contributed by atoms with Crippen LogP contribution in [0.15, 0.2) is 29.4 Å². The third kappa shape index (κ3) is 4.26. The van der Waals surface area contributed by atoms with Crippen LogP contribution in [0.5, 0.6) is 5.75 Å². The maximum absolute atomic E-state index is 12.1. The van der Waals surface area contributed by atoms with Crippen LogP contribution in [-0.4, -0.2) is 41.5 Å². The van der Waals surface area contributed by atoms with E-state index in [1.165, 1.54) is 0 Å². The van der Waals surface area contributed by atoms with Crippen LogP contribution in [0.3, 0.4) is 0 Å². The van der Waals surface area contributed by atoms with Gasteiger partial charge in [-0.1, -0.05) is 22.8 Å². The first-order chi connectivity index (χ1) is 10.1. The summed E-state index contributed by atoms with van der Waals surface area (Å²) in [6.07, 6.45) is 1.64. The predicted molar refractivity (Wildman–Crippen MR) is 79.7 cm³/mol. The van der Waals surface area contributed by atoms with Crippen LogP contribution in [0.25, 0.3) is 0 Å². The normalized spacial score (nSPS) is 19.4. The van der Waals surface area contributed by atoms with Crippen LogP contribution >= 0.6 is 11.6 Å². The van der Waals surface area contributed by atoms with Crippen molar-refractivity contribution in [2.24, 2.45) is 16.8 Å². The van der Waals surface area contributed by atoms with Crippen molar-refractivity contribution in [3.05, 3.63) is 29.3 Å². The lowest BCUT2D eigenvalue weighted by Gasteiger charge is -2.32. The molecule has 3 N–H and O–H groups in total. The van der Waals surface area contributed by atoms with Gasteiger partial charge in [-0.3, -0.25) is 4.79 Å². The lowest BCUT2D eigenvalue weighted by atomic mass is 9.97. The zero-order valence-corrected chi connectivity index (χ0v) is 12.3. The molecule has 1 heterocycles. The van der Waals surface area contributed by atoms with Crippen LogP contribution in [0, 0.1) is 5.92 Å². The number of hydrogen-bond donors (Lipinski definition) is 2. The summed E-state index contributed by atoms with van der Waals surface area (Å²) >= 11 is 5.85. The fourth-order valence-corrected chi connectivity index (χ4v) is 2.50. The van der Waals surface area contributed by atoms with E-state index >= 15 is 0 Å². The van der Waals surface area contributed by atoms with Gasteiger partial charge in [0.1, 0.15) is 11.6 Å². The van der Waals surface area contributed by atoms with E-state index in [1.807, 2.05) is 0 Å². The summed E-state index contributed by atoms with van der Waals surface area (Å²) in [4.78, 5) is 13.8. The van der Waals surface area contributed by atoms with Crippen molar-refractivity contribution < 1.29 is 14.7 Å². The van der Waals surface area contributed by atoms with Crippen LogP contribution in [0.4, 0.5) is 0 Å². The Morgan fingerprint density at radius 3 is 3.10 bits per heavy atom. The third-order valence-corrected chi connectivity index (χ3v) is 3.70. The number of rotatable bonds is 4. The Morgan fingerprint density at radius 2 is 2.38 bits per heavy atom. The fraction of sp³-hybridized carbons (Fsp3) is 0.429. The van der Waals surface area contributed by atoms with E-state index in [-0.39, 0.29) is 24.3 Å². The number of halogens is 1. The van der Waals surface area contributed by atoms with E-state index in [4.69, 9.17) is 27.3 Å². The number of carbonyl (C=O) groups excluding carboxylic acids is 1. The minimum absolute atomic E-state index is 0.0523. The molecule has 0 spiro atoms. The fourth-order valence-electron chi connectivity index (χ4n) is 2.32. The molecule has 114 valence electrons. The topological polar surface area (TPSA) is 88.2 Å². The molecule has 0 aromatic heterocycles. The highest BCUT2D eigenvalue weighted by Gasteiger charge is 2.26. The molecule has 1 saturated heterocycles. The molecule has 6 nitrogen and oxygen atoms in total. The minimum Gasteiger partial charge on any atom is -0.484 e. The SMILES string of the molecule is NC(=NO)C1CCCN(C(=O)COc2cccc(Cl)c2)C1. The molecule has 1 aromatic rings. The van der Waals surface area contributed by atoms with Gasteiger partial charge >= 0.3 is 0 Å². The largest absolute Gasteiger partial charge is 0.484 e. The monoisotopic (exact) mass is 311 g/mol. The number of nitrogens with zero attached hydrogens (tertiary/aromatic N) is 2. The zero-order chi connectivity index (χ0) is 15.2. The number of amidine groups is 1. The van der Waals surface area contributed by atoms with Crippen molar-refractivity contribution >= 4 is 23.3 Å². The van der Waals surface area contributed by atoms with E-state index in [2.05, 4.69) is 5.16 Å². The number of benzene rings is 1. The number of hydrogen-bond acceptors (Lipinski definition) is 4. The quantitative estimate of drug-likeness (QED) is 0.383. The van der Waals surface area contributed by atoms with Crippen LogP contribution in [-0.2, 0) is 4.79 Å². The van der Waals surface area contributed by atoms with Crippen molar-refractivity contribution in [3.8, 4) is 5.75 Å². The molecule has 0 bridgehead atoms. The van der Waals surface area contributed by atoms with Gasteiger partial charge in [0.15, 0.2) is 6.61 Å². The van der Waals surface area contributed by atoms with E-state index in [0.717, 1.165) is 12.8 Å². The first-order valence-electron chi connectivity index (χ1n) is 6.73.